The van der Waals surface area contributed by atoms with Gasteiger partial charge in [-0.15, -0.1) is 11.6 Å². The van der Waals surface area contributed by atoms with E-state index in [0.717, 1.165) is 0 Å². The molecule has 0 radical (unpaired) electrons. The van der Waals surface area contributed by atoms with Crippen molar-refractivity contribution in [2.45, 2.75) is 6.92 Å². The highest BCUT2D eigenvalue weighted by Crippen LogP contribution is 2.02. The number of alkyl halides is 1. The van der Waals surface area contributed by atoms with Crippen molar-refractivity contribution in [1.29, 1.82) is 0 Å². The fourth-order valence-corrected chi connectivity index (χ4v) is 1.52. The number of nitrogens with zero attached hydrogens (tertiary/aromatic N) is 2. The summed E-state index contributed by atoms with van der Waals surface area (Å²) in [6.45, 7) is 3.35. The second kappa shape index (κ2) is 5.69. The summed E-state index contributed by atoms with van der Waals surface area (Å²) in [5, 5.41) is 2.16. The van der Waals surface area contributed by atoms with E-state index < -0.39 is 11.9 Å². The second-order valence-corrected chi connectivity index (χ2v) is 3.75. The van der Waals surface area contributed by atoms with Crippen LogP contribution in [-0.4, -0.2) is 59.7 Å². The van der Waals surface area contributed by atoms with Crippen LogP contribution in [0.2, 0.25) is 0 Å². The number of hydrogen-bond donors (Lipinski definition) is 1. The summed E-state index contributed by atoms with van der Waals surface area (Å²) in [5.74, 6) is -0.753. The van der Waals surface area contributed by atoms with Crippen molar-refractivity contribution in [2.75, 3.05) is 32.1 Å². The molecule has 0 saturated carbocycles. The summed E-state index contributed by atoms with van der Waals surface area (Å²) in [4.78, 5) is 36.5. The summed E-state index contributed by atoms with van der Waals surface area (Å²) in [7, 11) is 0. The molecule has 6 nitrogen and oxygen atoms in total. The predicted molar refractivity (Wildman–Crippen MR) is 58.1 cm³/mol. The Balaban J connectivity index is 2.38. The van der Waals surface area contributed by atoms with Crippen LogP contribution >= 0.6 is 11.6 Å². The number of imide groups is 1. The minimum atomic E-state index is -0.513. The molecule has 1 fully saturated rings. The Hall–Kier alpha value is -1.30. The van der Waals surface area contributed by atoms with Gasteiger partial charge in [-0.3, -0.25) is 14.9 Å². The monoisotopic (exact) mass is 247 g/mol. The third-order valence-electron chi connectivity index (χ3n) is 2.38. The number of rotatable bonds is 1. The molecule has 0 aromatic carbocycles. The van der Waals surface area contributed by atoms with Crippen LogP contribution in [0, 0.1) is 0 Å². The lowest BCUT2D eigenvalue weighted by Gasteiger charge is -2.33. The maximum Gasteiger partial charge on any atom is 0.324 e. The third kappa shape index (κ3) is 3.37. The zero-order valence-corrected chi connectivity index (χ0v) is 9.79. The van der Waals surface area contributed by atoms with Crippen molar-refractivity contribution < 1.29 is 14.4 Å². The third-order valence-corrected chi connectivity index (χ3v) is 2.62. The molecule has 0 atom stereocenters. The molecule has 90 valence electrons. The number of carbonyl (C=O) groups excluding carboxylic acids is 3. The molecule has 1 N–H and O–H groups in total. The van der Waals surface area contributed by atoms with Crippen molar-refractivity contribution >= 4 is 29.4 Å². The van der Waals surface area contributed by atoms with E-state index in [-0.39, 0.29) is 11.8 Å². The van der Waals surface area contributed by atoms with Gasteiger partial charge in [-0.2, -0.15) is 0 Å². The summed E-state index contributed by atoms with van der Waals surface area (Å²) >= 11 is 5.26. The number of halogens is 1. The fourth-order valence-electron chi connectivity index (χ4n) is 1.46. The zero-order chi connectivity index (χ0) is 12.1. The van der Waals surface area contributed by atoms with Gasteiger partial charge in [0.1, 0.15) is 5.88 Å². The minimum Gasteiger partial charge on any atom is -0.339 e. The van der Waals surface area contributed by atoms with E-state index in [0.29, 0.717) is 26.2 Å². The fraction of sp³-hybridized carbons (Fsp3) is 0.667. The number of amides is 4. The summed E-state index contributed by atoms with van der Waals surface area (Å²) in [5.41, 5.74) is 0. The first-order valence-electron chi connectivity index (χ1n) is 4.95. The van der Waals surface area contributed by atoms with Gasteiger partial charge in [-0.05, 0) is 0 Å². The van der Waals surface area contributed by atoms with Crippen LogP contribution < -0.4 is 5.32 Å². The molecule has 0 aromatic rings. The Morgan fingerprint density at radius 3 is 2.06 bits per heavy atom. The van der Waals surface area contributed by atoms with Crippen LogP contribution in [0.5, 0.6) is 0 Å². The Labute approximate surface area is 98.5 Å². The van der Waals surface area contributed by atoms with Crippen LogP contribution in [0.15, 0.2) is 0 Å². The SMILES string of the molecule is CC(=O)N1CCN(C(=O)NC(=O)CCl)CC1. The average Bonchev–Trinajstić information content (AvgIpc) is 2.28. The molecular weight excluding hydrogens is 234 g/mol. The van der Waals surface area contributed by atoms with Gasteiger partial charge in [0.25, 0.3) is 0 Å². The van der Waals surface area contributed by atoms with Gasteiger partial charge in [-0.25, -0.2) is 4.79 Å². The Kier molecular flexibility index (Phi) is 4.54. The first kappa shape index (κ1) is 12.8. The molecule has 7 heteroatoms. The summed E-state index contributed by atoms with van der Waals surface area (Å²) in [6.07, 6.45) is 0. The molecule has 0 spiro atoms. The normalized spacial score (nSPS) is 15.9. The van der Waals surface area contributed by atoms with Gasteiger partial charge in [0, 0.05) is 33.1 Å². The number of hydrogen-bond acceptors (Lipinski definition) is 3. The van der Waals surface area contributed by atoms with Crippen LogP contribution in [0.25, 0.3) is 0 Å². The van der Waals surface area contributed by atoms with Crippen molar-refractivity contribution in [1.82, 2.24) is 15.1 Å². The average molecular weight is 248 g/mol. The maximum atomic E-state index is 11.5. The van der Waals surface area contributed by atoms with Gasteiger partial charge >= 0.3 is 6.03 Å². The molecule has 1 heterocycles. The molecule has 1 saturated heterocycles. The van der Waals surface area contributed by atoms with E-state index >= 15 is 0 Å². The van der Waals surface area contributed by atoms with Gasteiger partial charge in [-0.1, -0.05) is 0 Å². The summed E-state index contributed by atoms with van der Waals surface area (Å²) in [6, 6.07) is -0.450. The molecule has 0 unspecified atom stereocenters. The Bertz CT molecular complexity index is 300. The van der Waals surface area contributed by atoms with Crippen LogP contribution in [0.3, 0.4) is 0 Å². The topological polar surface area (TPSA) is 69.7 Å². The maximum absolute atomic E-state index is 11.5. The van der Waals surface area contributed by atoms with E-state index in [9.17, 15) is 14.4 Å². The van der Waals surface area contributed by atoms with Gasteiger partial charge < -0.3 is 9.80 Å². The number of carbonyl (C=O) groups is 3. The highest BCUT2D eigenvalue weighted by molar-refractivity contribution is 6.28. The molecule has 0 bridgehead atoms. The van der Waals surface area contributed by atoms with Crippen molar-refractivity contribution in [3.63, 3.8) is 0 Å². The molecule has 0 aliphatic carbocycles. The quantitative estimate of drug-likeness (QED) is 0.643. The zero-order valence-electron chi connectivity index (χ0n) is 9.03. The smallest absolute Gasteiger partial charge is 0.324 e. The molecular formula is C9H14ClN3O3. The molecule has 1 aliphatic rings. The number of urea groups is 1. The van der Waals surface area contributed by atoms with Crippen molar-refractivity contribution in [3.8, 4) is 0 Å². The molecule has 4 amide bonds. The molecule has 16 heavy (non-hydrogen) atoms. The van der Waals surface area contributed by atoms with Gasteiger partial charge in [0.05, 0.1) is 0 Å². The molecule has 0 aromatic heterocycles. The lowest BCUT2D eigenvalue weighted by molar-refractivity contribution is -0.130. The van der Waals surface area contributed by atoms with Crippen LogP contribution in [0.4, 0.5) is 4.79 Å². The van der Waals surface area contributed by atoms with Crippen molar-refractivity contribution in [3.05, 3.63) is 0 Å². The lowest BCUT2D eigenvalue weighted by atomic mass is 10.3. The first-order chi connectivity index (χ1) is 7.54. The van der Waals surface area contributed by atoms with E-state index in [1.165, 1.54) is 11.8 Å². The number of piperazine rings is 1. The lowest BCUT2D eigenvalue weighted by Crippen LogP contribution is -2.53. The predicted octanol–water partition coefficient (Wildman–Crippen LogP) is -0.374. The van der Waals surface area contributed by atoms with E-state index in [1.807, 2.05) is 0 Å². The van der Waals surface area contributed by atoms with E-state index in [2.05, 4.69) is 5.32 Å². The first-order valence-corrected chi connectivity index (χ1v) is 5.48. The van der Waals surface area contributed by atoms with Crippen molar-refractivity contribution in [2.24, 2.45) is 0 Å². The second-order valence-electron chi connectivity index (χ2n) is 3.48. The minimum absolute atomic E-state index is 0.00288. The number of nitrogens with one attached hydrogen (secondary N) is 1. The highest BCUT2D eigenvalue weighted by Gasteiger charge is 2.22. The standard InChI is InChI=1S/C9H14ClN3O3/c1-7(14)12-2-4-13(5-3-12)9(16)11-8(15)6-10/h2-6H2,1H3,(H,11,15,16). The Morgan fingerprint density at radius 2 is 1.62 bits per heavy atom. The largest absolute Gasteiger partial charge is 0.339 e. The Morgan fingerprint density at radius 1 is 1.12 bits per heavy atom. The van der Waals surface area contributed by atoms with Crippen LogP contribution in [-0.2, 0) is 9.59 Å². The highest BCUT2D eigenvalue weighted by atomic mass is 35.5. The molecule has 1 rings (SSSR count). The van der Waals surface area contributed by atoms with Gasteiger partial charge in [0.15, 0.2) is 0 Å². The molecule has 1 aliphatic heterocycles. The van der Waals surface area contributed by atoms with Crippen LogP contribution in [0.1, 0.15) is 6.92 Å². The summed E-state index contributed by atoms with van der Waals surface area (Å²) < 4.78 is 0. The van der Waals surface area contributed by atoms with E-state index in [1.54, 1.807) is 4.90 Å². The van der Waals surface area contributed by atoms with Gasteiger partial charge in [0.2, 0.25) is 11.8 Å². The van der Waals surface area contributed by atoms with E-state index in [4.69, 9.17) is 11.6 Å².